The molecule has 0 radical (unpaired) electrons. The van der Waals surface area contributed by atoms with E-state index in [1.807, 2.05) is 0 Å². The molecule has 1 unspecified atom stereocenters. The van der Waals surface area contributed by atoms with E-state index in [1.54, 1.807) is 33.8 Å². The van der Waals surface area contributed by atoms with E-state index in [0.717, 1.165) is 0 Å². The Labute approximate surface area is 200 Å². The highest BCUT2D eigenvalue weighted by Crippen LogP contribution is 2.49. The molecular formula is C21H33N2O9PS. The van der Waals surface area contributed by atoms with E-state index in [4.69, 9.17) is 23.7 Å². The van der Waals surface area contributed by atoms with E-state index in [-0.39, 0.29) is 50.1 Å². The minimum atomic E-state index is -4.10. The van der Waals surface area contributed by atoms with Gasteiger partial charge < -0.3 is 23.6 Å². The van der Waals surface area contributed by atoms with Gasteiger partial charge in [0, 0.05) is 17.2 Å². The fourth-order valence-electron chi connectivity index (χ4n) is 3.96. The van der Waals surface area contributed by atoms with Gasteiger partial charge in [0.15, 0.2) is 0 Å². The van der Waals surface area contributed by atoms with Crippen LogP contribution in [0.25, 0.3) is 0 Å². The van der Waals surface area contributed by atoms with Crippen LogP contribution in [-0.4, -0.2) is 52.0 Å². The molecule has 1 heterocycles. The molecule has 34 heavy (non-hydrogen) atoms. The van der Waals surface area contributed by atoms with Crippen LogP contribution in [-0.2, 0) is 41.6 Å². The highest BCUT2D eigenvalue weighted by Gasteiger charge is 2.32. The molecule has 0 aliphatic carbocycles. The molecule has 11 nitrogen and oxygen atoms in total. The minimum Gasteiger partial charge on any atom is -0.507 e. The normalized spacial score (nSPS) is 15.2. The summed E-state index contributed by atoms with van der Waals surface area (Å²) in [7, 11) is -6.19. The lowest BCUT2D eigenvalue weighted by atomic mass is 9.94. The monoisotopic (exact) mass is 520 g/mol. The third-order valence-corrected chi connectivity index (χ3v) is 8.15. The summed E-state index contributed by atoms with van der Waals surface area (Å²) in [5.41, 5.74) is 2.53. The summed E-state index contributed by atoms with van der Waals surface area (Å²) < 4.78 is 59.7. The highest BCUT2D eigenvalue weighted by molar-refractivity contribution is 7.87. The first-order valence-corrected chi connectivity index (χ1v) is 14.0. The Morgan fingerprint density at radius 3 is 2.47 bits per heavy atom. The lowest BCUT2D eigenvalue weighted by molar-refractivity contribution is 0.0532. The number of cyclic esters (lactones) is 1. The molecule has 1 aliphatic heterocycles. The maximum Gasteiger partial charge on any atom is 0.342 e. The highest BCUT2D eigenvalue weighted by atomic mass is 32.2. The van der Waals surface area contributed by atoms with Crippen LogP contribution in [0, 0.1) is 6.92 Å². The molecule has 0 saturated carbocycles. The number of phenols is 1. The van der Waals surface area contributed by atoms with Crippen LogP contribution in [0.3, 0.4) is 0 Å². The van der Waals surface area contributed by atoms with E-state index in [9.17, 15) is 22.9 Å². The summed E-state index contributed by atoms with van der Waals surface area (Å²) in [6.45, 7) is 7.19. The number of rotatable bonds is 13. The van der Waals surface area contributed by atoms with Gasteiger partial charge in [-0.25, -0.2) is 9.93 Å². The Kier molecular flexibility index (Phi) is 9.70. The van der Waals surface area contributed by atoms with Crippen molar-refractivity contribution in [1.82, 2.24) is 4.72 Å². The molecule has 1 aliphatic rings. The van der Waals surface area contributed by atoms with Crippen LogP contribution in [0.2, 0.25) is 0 Å². The van der Waals surface area contributed by atoms with Crippen molar-refractivity contribution in [2.75, 3.05) is 26.5 Å². The molecule has 0 saturated heterocycles. The number of nitrogens with two attached hydrogens (primary N) is 1. The molecule has 0 aromatic heterocycles. The Morgan fingerprint density at radius 1 is 1.32 bits per heavy atom. The summed E-state index contributed by atoms with van der Waals surface area (Å²) in [6, 6.07) is -0.859. The number of esters is 1. The standard InChI is InChI=1S/C21H33N2O9PS/c1-6-31-33(26,32-7-2)12-15(23-34(22,27)28)10-13(3)8-9-16-19(24)18-17(11-30-21(18)25)14(4)20(16)29-5/h8,15,23-24H,6-7,9-12H2,1-5H3,(H2,22,27,28). The van der Waals surface area contributed by atoms with E-state index in [1.165, 1.54) is 7.11 Å². The van der Waals surface area contributed by atoms with Crippen molar-refractivity contribution in [3.05, 3.63) is 33.9 Å². The van der Waals surface area contributed by atoms with Gasteiger partial charge >= 0.3 is 13.6 Å². The van der Waals surface area contributed by atoms with E-state index in [0.29, 0.717) is 28.0 Å². The fraction of sp³-hybridized carbons (Fsp3) is 0.571. The van der Waals surface area contributed by atoms with Gasteiger partial charge in [0.05, 0.1) is 26.5 Å². The van der Waals surface area contributed by atoms with Crippen LogP contribution in [0.15, 0.2) is 11.6 Å². The first kappa shape index (κ1) is 28.3. The van der Waals surface area contributed by atoms with Crippen molar-refractivity contribution in [3.8, 4) is 11.5 Å². The predicted molar refractivity (Wildman–Crippen MR) is 126 cm³/mol. The minimum absolute atomic E-state index is 0.0691. The number of nitrogens with one attached hydrogen (secondary N) is 1. The Hall–Kier alpha value is -1.95. The Bertz CT molecular complexity index is 1090. The fourth-order valence-corrected chi connectivity index (χ4v) is 6.55. The molecule has 1 aromatic carbocycles. The van der Waals surface area contributed by atoms with Crippen molar-refractivity contribution in [3.63, 3.8) is 0 Å². The summed E-state index contributed by atoms with van der Waals surface area (Å²) in [5, 5.41) is 15.9. The average molecular weight is 521 g/mol. The van der Waals surface area contributed by atoms with Gasteiger partial charge in [-0.3, -0.25) is 4.57 Å². The maximum atomic E-state index is 12.9. The van der Waals surface area contributed by atoms with Gasteiger partial charge in [0.2, 0.25) is 0 Å². The quantitative estimate of drug-likeness (QED) is 0.201. The van der Waals surface area contributed by atoms with Gasteiger partial charge in [0.25, 0.3) is 10.2 Å². The average Bonchev–Trinajstić information content (AvgIpc) is 3.10. The second-order valence-electron chi connectivity index (χ2n) is 7.86. The number of carbonyl (C=O) groups excluding carboxylic acids is 1. The number of phenolic OH excluding ortho intramolecular Hbond substituents is 1. The third-order valence-electron chi connectivity index (χ3n) is 5.30. The zero-order valence-corrected chi connectivity index (χ0v) is 21.8. The number of aromatic hydroxyl groups is 1. The summed E-state index contributed by atoms with van der Waals surface area (Å²) in [6.07, 6.45) is 1.89. The molecule has 1 aromatic rings. The zero-order valence-electron chi connectivity index (χ0n) is 20.0. The third kappa shape index (κ3) is 7.03. The molecule has 2 rings (SSSR count). The maximum absolute atomic E-state index is 12.9. The van der Waals surface area contributed by atoms with Crippen LogP contribution in [0.4, 0.5) is 0 Å². The summed E-state index contributed by atoms with van der Waals surface area (Å²) in [4.78, 5) is 12.1. The number of allylic oxidation sites excluding steroid dienone is 1. The van der Waals surface area contributed by atoms with Crippen molar-refractivity contribution < 1.29 is 41.4 Å². The van der Waals surface area contributed by atoms with Gasteiger partial charge in [-0.2, -0.15) is 13.1 Å². The van der Waals surface area contributed by atoms with E-state index in [2.05, 4.69) is 4.72 Å². The van der Waals surface area contributed by atoms with Crippen LogP contribution < -0.4 is 14.6 Å². The Morgan fingerprint density at radius 2 is 1.94 bits per heavy atom. The molecule has 0 fully saturated rings. The first-order chi connectivity index (χ1) is 15.9. The number of hydrogen-bond donors (Lipinski definition) is 3. The molecular weight excluding hydrogens is 487 g/mol. The van der Waals surface area contributed by atoms with E-state index >= 15 is 0 Å². The molecule has 4 N–H and O–H groups in total. The summed E-state index contributed by atoms with van der Waals surface area (Å²) >= 11 is 0. The SMILES string of the molecule is CCOP(=O)(CC(CC(C)=CCc1c(O)c2c(c(C)c1OC)COC2=O)NS(N)(=O)=O)OCC. The number of fused-ring (bicyclic) bond motifs is 1. The number of carbonyl (C=O) groups is 1. The van der Waals surface area contributed by atoms with E-state index < -0.39 is 29.8 Å². The van der Waals surface area contributed by atoms with Crippen molar-refractivity contribution in [2.45, 2.75) is 53.2 Å². The zero-order chi connectivity index (χ0) is 25.7. The smallest absolute Gasteiger partial charge is 0.342 e. The largest absolute Gasteiger partial charge is 0.507 e. The van der Waals surface area contributed by atoms with Gasteiger partial charge in [-0.15, -0.1) is 0 Å². The molecule has 0 amide bonds. The van der Waals surface area contributed by atoms with Crippen LogP contribution >= 0.6 is 7.60 Å². The van der Waals surface area contributed by atoms with Crippen molar-refractivity contribution >= 4 is 23.8 Å². The molecule has 192 valence electrons. The lowest BCUT2D eigenvalue weighted by Crippen LogP contribution is -2.41. The van der Waals surface area contributed by atoms with Crippen molar-refractivity contribution in [1.29, 1.82) is 0 Å². The Balaban J connectivity index is 2.32. The lowest BCUT2D eigenvalue weighted by Gasteiger charge is -2.23. The second-order valence-corrected chi connectivity index (χ2v) is 11.3. The van der Waals surface area contributed by atoms with Gasteiger partial charge in [-0.1, -0.05) is 11.6 Å². The van der Waals surface area contributed by atoms with Crippen molar-refractivity contribution in [2.24, 2.45) is 5.14 Å². The van der Waals surface area contributed by atoms with Gasteiger partial charge in [-0.05, 0) is 46.1 Å². The summed E-state index contributed by atoms with van der Waals surface area (Å²) in [5.74, 6) is -0.365. The molecule has 0 spiro atoms. The predicted octanol–water partition coefficient (Wildman–Crippen LogP) is 2.69. The number of benzene rings is 1. The first-order valence-electron chi connectivity index (χ1n) is 10.8. The number of hydrogen-bond acceptors (Lipinski definition) is 9. The second kappa shape index (κ2) is 11.7. The number of ether oxygens (including phenoxy) is 2. The van der Waals surface area contributed by atoms with Gasteiger partial charge in [0.1, 0.15) is 23.7 Å². The molecule has 0 bridgehead atoms. The number of methoxy groups -OCH3 is 1. The van der Waals surface area contributed by atoms with Crippen LogP contribution in [0.1, 0.15) is 54.2 Å². The topological polar surface area (TPSA) is 163 Å². The van der Waals surface area contributed by atoms with Crippen LogP contribution in [0.5, 0.6) is 11.5 Å². The molecule has 1 atom stereocenters. The molecule has 13 heteroatoms.